The lowest BCUT2D eigenvalue weighted by Gasteiger charge is -2.32. The number of nitrogens with two attached hydrogens (primary N) is 1. The lowest BCUT2D eigenvalue weighted by atomic mass is 10.0. The number of hydrogen-bond acceptors (Lipinski definition) is 5. The van der Waals surface area contributed by atoms with Gasteiger partial charge in [0, 0.05) is 24.5 Å². The zero-order valence-corrected chi connectivity index (χ0v) is 13.7. The van der Waals surface area contributed by atoms with Gasteiger partial charge in [-0.15, -0.1) is 0 Å². The Kier molecular flexibility index (Phi) is 4.23. The number of methoxy groups -OCH3 is 1. The molecule has 1 aromatic heterocycles. The molecule has 0 bridgehead atoms. The zero-order valence-electron chi connectivity index (χ0n) is 12.9. The largest absolute Gasteiger partial charge is 0.497 e. The monoisotopic (exact) mass is 333 g/mol. The van der Waals surface area contributed by atoms with E-state index in [-0.39, 0.29) is 4.90 Å². The summed E-state index contributed by atoms with van der Waals surface area (Å²) in [5.41, 5.74) is 2.58. The van der Waals surface area contributed by atoms with Crippen LogP contribution in [-0.2, 0) is 23.0 Å². The average molecular weight is 333 g/mol. The van der Waals surface area contributed by atoms with Gasteiger partial charge in [-0.3, -0.25) is 4.98 Å². The van der Waals surface area contributed by atoms with E-state index in [1.165, 1.54) is 0 Å². The molecule has 23 heavy (non-hydrogen) atoms. The van der Waals surface area contributed by atoms with Crippen LogP contribution in [0.5, 0.6) is 5.75 Å². The number of pyridine rings is 1. The summed E-state index contributed by atoms with van der Waals surface area (Å²) in [6.45, 7) is 1.44. The van der Waals surface area contributed by atoms with E-state index in [1.54, 1.807) is 31.5 Å². The summed E-state index contributed by atoms with van der Waals surface area (Å²) in [6, 6.07) is 8.92. The van der Waals surface area contributed by atoms with Crippen molar-refractivity contribution in [2.24, 2.45) is 5.14 Å². The van der Waals surface area contributed by atoms with Gasteiger partial charge < -0.3 is 9.64 Å². The van der Waals surface area contributed by atoms with Crippen molar-refractivity contribution in [2.75, 3.05) is 18.6 Å². The Hall–Kier alpha value is -2.12. The molecule has 0 aliphatic carbocycles. The molecule has 6 nitrogen and oxygen atoms in total. The van der Waals surface area contributed by atoms with Crippen molar-refractivity contribution in [3.63, 3.8) is 0 Å². The van der Waals surface area contributed by atoms with Crippen molar-refractivity contribution in [3.05, 3.63) is 47.8 Å². The van der Waals surface area contributed by atoms with Crippen molar-refractivity contribution in [1.29, 1.82) is 0 Å². The van der Waals surface area contributed by atoms with Gasteiger partial charge in [0.15, 0.2) is 0 Å². The molecule has 122 valence electrons. The smallest absolute Gasteiger partial charge is 0.238 e. The third-order valence-corrected chi connectivity index (χ3v) is 4.98. The molecule has 0 fully saturated rings. The summed E-state index contributed by atoms with van der Waals surface area (Å²) in [5.74, 6) is 0.755. The number of anilines is 1. The third-order valence-electron chi connectivity index (χ3n) is 3.99. The summed E-state index contributed by atoms with van der Waals surface area (Å²) < 4.78 is 28.8. The third kappa shape index (κ3) is 3.30. The molecule has 1 aliphatic rings. The molecule has 0 radical (unpaired) electrons. The summed E-state index contributed by atoms with van der Waals surface area (Å²) in [4.78, 5) is 6.72. The van der Waals surface area contributed by atoms with E-state index in [0.29, 0.717) is 13.0 Å². The van der Waals surface area contributed by atoms with E-state index >= 15 is 0 Å². The highest BCUT2D eigenvalue weighted by Crippen LogP contribution is 2.32. The van der Waals surface area contributed by atoms with Crippen molar-refractivity contribution in [3.8, 4) is 5.75 Å². The van der Waals surface area contributed by atoms with Crippen LogP contribution < -0.4 is 14.8 Å². The molecule has 0 spiro atoms. The Balaban J connectivity index is 1.96. The molecule has 0 amide bonds. The molecule has 0 unspecified atom stereocenters. The molecule has 2 N–H and O–H groups in total. The van der Waals surface area contributed by atoms with Gasteiger partial charge in [0.1, 0.15) is 5.75 Å². The molecule has 1 aliphatic heterocycles. The van der Waals surface area contributed by atoms with Gasteiger partial charge >= 0.3 is 0 Å². The number of nitrogens with zero attached hydrogens (tertiary/aromatic N) is 2. The number of rotatable bonds is 4. The van der Waals surface area contributed by atoms with Gasteiger partial charge in [-0.2, -0.15) is 0 Å². The minimum absolute atomic E-state index is 0.221. The van der Waals surface area contributed by atoms with Crippen LogP contribution in [0.25, 0.3) is 0 Å². The normalized spacial score (nSPS) is 14.4. The van der Waals surface area contributed by atoms with E-state index in [2.05, 4.69) is 9.88 Å². The average Bonchev–Trinajstić information content (AvgIpc) is 2.54. The Morgan fingerprint density at radius 3 is 2.91 bits per heavy atom. The maximum Gasteiger partial charge on any atom is 0.238 e. The second-order valence-electron chi connectivity index (χ2n) is 5.51. The SMILES string of the molecule is COc1ccnc(CN2CCCc3c2cccc3S(N)(=O)=O)c1. The number of aromatic nitrogens is 1. The number of fused-ring (bicyclic) bond motifs is 1. The van der Waals surface area contributed by atoms with Gasteiger partial charge in [-0.25, -0.2) is 13.6 Å². The van der Waals surface area contributed by atoms with E-state index in [0.717, 1.165) is 35.7 Å². The van der Waals surface area contributed by atoms with E-state index in [9.17, 15) is 8.42 Å². The van der Waals surface area contributed by atoms with Gasteiger partial charge in [0.2, 0.25) is 10.0 Å². The van der Waals surface area contributed by atoms with Crippen LogP contribution in [0.1, 0.15) is 17.7 Å². The van der Waals surface area contributed by atoms with Crippen LogP contribution in [0.2, 0.25) is 0 Å². The fraction of sp³-hybridized carbons (Fsp3) is 0.312. The predicted octanol–water partition coefficient (Wildman–Crippen LogP) is 1.69. The molecule has 0 atom stereocenters. The Bertz CT molecular complexity index is 821. The summed E-state index contributed by atoms with van der Waals surface area (Å²) in [7, 11) is -2.09. The van der Waals surface area contributed by atoms with E-state index < -0.39 is 10.0 Å². The second-order valence-corrected chi connectivity index (χ2v) is 7.04. The first-order chi connectivity index (χ1) is 11.0. The summed E-state index contributed by atoms with van der Waals surface area (Å²) >= 11 is 0. The Morgan fingerprint density at radius 2 is 2.17 bits per heavy atom. The highest BCUT2D eigenvalue weighted by atomic mass is 32.2. The first kappa shape index (κ1) is 15.8. The summed E-state index contributed by atoms with van der Waals surface area (Å²) in [5, 5.41) is 5.34. The topological polar surface area (TPSA) is 85.5 Å². The number of sulfonamides is 1. The molecule has 0 saturated heterocycles. The quantitative estimate of drug-likeness (QED) is 0.920. The molecular weight excluding hydrogens is 314 g/mol. The van der Waals surface area contributed by atoms with Crippen LogP contribution in [0.15, 0.2) is 41.4 Å². The first-order valence-corrected chi connectivity index (χ1v) is 8.92. The van der Waals surface area contributed by atoms with Gasteiger partial charge in [0.05, 0.1) is 24.2 Å². The van der Waals surface area contributed by atoms with Crippen molar-refractivity contribution in [2.45, 2.75) is 24.3 Å². The van der Waals surface area contributed by atoms with Gasteiger partial charge in [-0.05, 0) is 36.6 Å². The lowest BCUT2D eigenvalue weighted by molar-refractivity contribution is 0.413. The van der Waals surface area contributed by atoms with Crippen LogP contribution in [0.3, 0.4) is 0 Å². The van der Waals surface area contributed by atoms with Crippen molar-refractivity contribution < 1.29 is 13.2 Å². The minimum atomic E-state index is -3.71. The van der Waals surface area contributed by atoms with Gasteiger partial charge in [-0.1, -0.05) is 6.07 Å². The van der Waals surface area contributed by atoms with Gasteiger partial charge in [0.25, 0.3) is 0 Å². The second kappa shape index (κ2) is 6.17. The number of primary sulfonamides is 1. The standard InChI is InChI=1S/C16H19N3O3S/c1-22-13-7-8-18-12(10-13)11-19-9-3-4-14-15(19)5-2-6-16(14)23(17,20)21/h2,5-8,10H,3-4,9,11H2,1H3,(H2,17,20,21). The van der Waals surface area contributed by atoms with Crippen LogP contribution in [0, 0.1) is 0 Å². The maximum absolute atomic E-state index is 11.8. The fourth-order valence-corrected chi connectivity index (χ4v) is 3.78. The predicted molar refractivity (Wildman–Crippen MR) is 88.0 cm³/mol. The number of ether oxygens (including phenoxy) is 1. The molecule has 1 aromatic carbocycles. The van der Waals surface area contributed by atoms with Crippen LogP contribution in [0.4, 0.5) is 5.69 Å². The fourth-order valence-electron chi connectivity index (χ4n) is 2.96. The minimum Gasteiger partial charge on any atom is -0.497 e. The van der Waals surface area contributed by atoms with E-state index in [4.69, 9.17) is 9.88 Å². The summed E-state index contributed by atoms with van der Waals surface area (Å²) in [6.07, 6.45) is 3.30. The van der Waals surface area contributed by atoms with Crippen molar-refractivity contribution in [1.82, 2.24) is 4.98 Å². The molecule has 7 heteroatoms. The highest BCUT2D eigenvalue weighted by Gasteiger charge is 2.23. The Morgan fingerprint density at radius 1 is 1.35 bits per heavy atom. The Labute approximate surface area is 136 Å². The highest BCUT2D eigenvalue weighted by molar-refractivity contribution is 7.89. The molecule has 3 rings (SSSR count). The van der Waals surface area contributed by atoms with E-state index in [1.807, 2.05) is 12.1 Å². The maximum atomic E-state index is 11.8. The molecule has 0 saturated carbocycles. The molecule has 2 heterocycles. The molecule has 2 aromatic rings. The number of benzene rings is 1. The first-order valence-electron chi connectivity index (χ1n) is 7.37. The molecular formula is C16H19N3O3S. The number of hydrogen-bond donors (Lipinski definition) is 1. The lowest BCUT2D eigenvalue weighted by Crippen LogP contribution is -2.30. The van der Waals surface area contributed by atoms with Crippen molar-refractivity contribution >= 4 is 15.7 Å². The van der Waals surface area contributed by atoms with Crippen LogP contribution in [-0.4, -0.2) is 27.1 Å². The van der Waals surface area contributed by atoms with Crippen LogP contribution >= 0.6 is 0 Å². The zero-order chi connectivity index (χ0) is 16.4.